The van der Waals surface area contributed by atoms with Gasteiger partial charge in [-0.15, -0.1) is 11.8 Å². The topological polar surface area (TPSA) is 86.8 Å². The maximum Gasteiger partial charge on any atom is 0.433 e. The summed E-state index contributed by atoms with van der Waals surface area (Å²) in [4.78, 5) is 30.5. The van der Waals surface area contributed by atoms with Gasteiger partial charge in [0.05, 0.1) is 27.9 Å². The van der Waals surface area contributed by atoms with Crippen LogP contribution < -0.4 is 11.1 Å². The fraction of sp³-hybridized carbons (Fsp3) is 0.333. The second-order valence-corrected chi connectivity index (χ2v) is 13.2. The summed E-state index contributed by atoms with van der Waals surface area (Å²) in [6, 6.07) is 6.05. The highest BCUT2D eigenvalue weighted by Gasteiger charge is 2.35. The van der Waals surface area contributed by atoms with Crippen LogP contribution in [0.3, 0.4) is 0 Å². The van der Waals surface area contributed by atoms with E-state index in [4.69, 9.17) is 0 Å². The van der Waals surface area contributed by atoms with E-state index in [2.05, 4.69) is 9.97 Å². The Hall–Kier alpha value is -4.14. The zero-order valence-corrected chi connectivity index (χ0v) is 28.0. The Morgan fingerprint density at radius 2 is 1.04 bits per heavy atom. The van der Waals surface area contributed by atoms with Crippen LogP contribution in [-0.2, 0) is 23.2 Å². The normalized spacial score (nSPS) is 13.1. The first-order chi connectivity index (χ1) is 23.2. The van der Waals surface area contributed by atoms with Crippen LogP contribution in [0.25, 0.3) is 11.4 Å². The third-order valence-corrected chi connectivity index (χ3v) is 9.38. The van der Waals surface area contributed by atoms with Gasteiger partial charge in [0.1, 0.15) is 18.4 Å². The van der Waals surface area contributed by atoms with E-state index in [1.165, 1.54) is 26.0 Å². The van der Waals surface area contributed by atoms with E-state index < -0.39 is 69.5 Å². The largest absolute Gasteiger partial charge is 0.433 e. The molecule has 0 fully saturated rings. The summed E-state index contributed by atoms with van der Waals surface area (Å²) in [5, 5.41) is 0. The number of hydrogen-bond acceptors (Lipinski definition) is 6. The summed E-state index contributed by atoms with van der Waals surface area (Å²) < 4.78 is 164. The summed E-state index contributed by atoms with van der Waals surface area (Å²) >= 11 is 0.544. The minimum Gasteiger partial charge on any atom is -0.269 e. The second-order valence-electron chi connectivity index (χ2n) is 10.8. The second kappa shape index (κ2) is 15.2. The van der Waals surface area contributed by atoms with Crippen LogP contribution in [0.1, 0.15) is 33.6 Å². The number of halogens is 12. The molecule has 0 N–H and O–H groups in total. The van der Waals surface area contributed by atoms with Crippen molar-refractivity contribution in [3.63, 3.8) is 0 Å². The first-order valence-electron chi connectivity index (χ1n) is 13.9. The van der Waals surface area contributed by atoms with Crippen molar-refractivity contribution in [3.05, 3.63) is 103 Å². The van der Waals surface area contributed by atoms with Gasteiger partial charge in [0, 0.05) is 21.9 Å². The Morgan fingerprint density at radius 1 is 0.608 bits per heavy atom. The molecule has 0 aliphatic heterocycles. The zero-order valence-electron chi connectivity index (χ0n) is 26.4. The Kier molecular flexibility index (Phi) is 12.3. The molecule has 0 bridgehead atoms. The summed E-state index contributed by atoms with van der Waals surface area (Å²) in [5.74, 6) is -2.69. The van der Waals surface area contributed by atoms with Gasteiger partial charge >= 0.3 is 24.7 Å². The molecule has 0 saturated carbocycles. The standard InChI is InChI=1S/C15H12F6N2O2S.C15H12F6N2OS/c1-8-3-9(2)11(26(25)6-14(16,17)18)4-10(8)23-7-22-12(5-13(23)24)15(19,20)21;1-8-3-9(2)11(25-6-14(16,17)18)4-10(8)23-7-22-12(5-13(23)24)15(19,20)21/h3-5,7H,6H2,1-2H3;3-5,7H,6H2,1-2H3. The Labute approximate surface area is 286 Å². The minimum atomic E-state index is -4.81. The monoisotopic (exact) mass is 780 g/mol. The molecule has 2 aromatic heterocycles. The molecule has 51 heavy (non-hydrogen) atoms. The number of rotatable bonds is 6. The van der Waals surface area contributed by atoms with E-state index in [1.807, 2.05) is 0 Å². The van der Waals surface area contributed by atoms with Gasteiger partial charge < -0.3 is 0 Å². The number of aryl methyl sites for hydroxylation is 4. The van der Waals surface area contributed by atoms with Crippen molar-refractivity contribution in [2.24, 2.45) is 0 Å². The molecule has 0 amide bonds. The molecule has 2 heterocycles. The number of alkyl halides is 12. The Bertz CT molecular complexity index is 2050. The molecule has 4 aromatic rings. The molecule has 2 aromatic carbocycles. The van der Waals surface area contributed by atoms with Crippen LogP contribution in [0.15, 0.2) is 68.4 Å². The fourth-order valence-electron chi connectivity index (χ4n) is 4.42. The third kappa shape index (κ3) is 11.2. The molecule has 7 nitrogen and oxygen atoms in total. The average molecular weight is 781 g/mol. The molecule has 0 aliphatic rings. The van der Waals surface area contributed by atoms with Crippen molar-refractivity contribution >= 4 is 22.6 Å². The molecule has 0 spiro atoms. The molecule has 1 atom stereocenters. The maximum atomic E-state index is 12.6. The quantitative estimate of drug-likeness (QED) is 0.146. The van der Waals surface area contributed by atoms with Crippen molar-refractivity contribution in [1.82, 2.24) is 19.1 Å². The summed E-state index contributed by atoms with van der Waals surface area (Å²) in [7, 11) is -2.42. The van der Waals surface area contributed by atoms with Gasteiger partial charge in [0.15, 0.2) is 11.4 Å². The lowest BCUT2D eigenvalue weighted by atomic mass is 10.1. The number of aromatic nitrogens is 4. The van der Waals surface area contributed by atoms with Crippen LogP contribution in [0, 0.1) is 27.7 Å². The average Bonchev–Trinajstić information content (AvgIpc) is 2.95. The first kappa shape index (κ1) is 41.3. The maximum absolute atomic E-state index is 12.6. The van der Waals surface area contributed by atoms with Crippen molar-refractivity contribution in [1.29, 1.82) is 0 Å². The van der Waals surface area contributed by atoms with Crippen molar-refractivity contribution in [2.75, 3.05) is 11.5 Å². The highest BCUT2D eigenvalue weighted by atomic mass is 32.2. The van der Waals surface area contributed by atoms with Crippen molar-refractivity contribution < 1.29 is 56.9 Å². The van der Waals surface area contributed by atoms with Crippen molar-refractivity contribution in [3.8, 4) is 11.4 Å². The van der Waals surface area contributed by atoms with E-state index in [0.717, 1.165) is 21.5 Å². The van der Waals surface area contributed by atoms with Crippen LogP contribution in [0.5, 0.6) is 0 Å². The number of thioether (sulfide) groups is 1. The Balaban J connectivity index is 0.000000276. The van der Waals surface area contributed by atoms with E-state index in [-0.39, 0.29) is 27.2 Å². The molecule has 278 valence electrons. The molecular formula is C30H24F12N4O3S2. The molecule has 0 aliphatic carbocycles. The summed E-state index contributed by atoms with van der Waals surface area (Å²) in [6.45, 7) is 6.19. The van der Waals surface area contributed by atoms with Gasteiger partial charge in [-0.1, -0.05) is 12.1 Å². The van der Waals surface area contributed by atoms with Gasteiger partial charge in [-0.25, -0.2) is 9.97 Å². The van der Waals surface area contributed by atoms with E-state index >= 15 is 0 Å². The van der Waals surface area contributed by atoms with Gasteiger partial charge in [-0.3, -0.25) is 22.9 Å². The first-order valence-corrected chi connectivity index (χ1v) is 16.2. The third-order valence-electron chi connectivity index (χ3n) is 6.64. The SMILES string of the molecule is Cc1cc(C)c(-n2cnc(C(F)(F)F)cc2=O)cc1SCC(F)(F)F.Cc1cc(C)c(S(=O)CC(F)(F)F)cc1-n1cnc(C(F)(F)F)cc1=O. The highest BCUT2D eigenvalue weighted by Crippen LogP contribution is 2.33. The van der Waals surface area contributed by atoms with E-state index in [1.54, 1.807) is 19.9 Å². The smallest absolute Gasteiger partial charge is 0.269 e. The van der Waals surface area contributed by atoms with Crippen LogP contribution in [0.4, 0.5) is 52.7 Å². The van der Waals surface area contributed by atoms with Crippen LogP contribution >= 0.6 is 11.8 Å². The molecule has 0 saturated heterocycles. The number of benzene rings is 2. The predicted octanol–water partition coefficient (Wildman–Crippen LogP) is 8.06. The summed E-state index contributed by atoms with van der Waals surface area (Å²) in [5.41, 5.74) is -2.75. The minimum absolute atomic E-state index is 0.00680. The van der Waals surface area contributed by atoms with Gasteiger partial charge in [-0.05, 0) is 62.1 Å². The number of hydrogen-bond donors (Lipinski definition) is 0. The van der Waals surface area contributed by atoms with Gasteiger partial charge in [0.2, 0.25) is 0 Å². The molecule has 21 heteroatoms. The molecule has 0 radical (unpaired) electrons. The fourth-order valence-corrected chi connectivity index (χ4v) is 6.34. The lowest BCUT2D eigenvalue weighted by Crippen LogP contribution is -2.23. The lowest BCUT2D eigenvalue weighted by Gasteiger charge is -2.15. The lowest BCUT2D eigenvalue weighted by molar-refractivity contribution is -0.142. The summed E-state index contributed by atoms with van der Waals surface area (Å²) in [6.07, 6.45) is -17.2. The highest BCUT2D eigenvalue weighted by molar-refractivity contribution is 7.99. The van der Waals surface area contributed by atoms with Crippen LogP contribution in [0.2, 0.25) is 0 Å². The van der Waals surface area contributed by atoms with Crippen molar-refractivity contribution in [2.45, 2.75) is 62.2 Å². The molecule has 4 rings (SSSR count). The van der Waals surface area contributed by atoms with E-state index in [0.29, 0.717) is 46.4 Å². The predicted molar refractivity (Wildman–Crippen MR) is 163 cm³/mol. The number of nitrogens with zero attached hydrogens (tertiary/aromatic N) is 4. The van der Waals surface area contributed by atoms with E-state index in [9.17, 15) is 66.5 Å². The zero-order chi connectivity index (χ0) is 38.9. The van der Waals surface area contributed by atoms with Gasteiger partial charge in [-0.2, -0.15) is 52.7 Å². The van der Waals surface area contributed by atoms with Crippen LogP contribution in [-0.4, -0.2) is 47.2 Å². The molecule has 1 unspecified atom stereocenters. The van der Waals surface area contributed by atoms with Gasteiger partial charge in [0.25, 0.3) is 11.1 Å². The Morgan fingerprint density at radius 3 is 1.43 bits per heavy atom. The molecular weight excluding hydrogens is 756 g/mol.